The molecule has 0 aliphatic heterocycles. The van der Waals surface area contributed by atoms with Gasteiger partial charge in [-0.15, -0.1) is 0 Å². The Morgan fingerprint density at radius 3 is 3.04 bits per heavy atom. The van der Waals surface area contributed by atoms with Gasteiger partial charge in [0.15, 0.2) is 0 Å². The summed E-state index contributed by atoms with van der Waals surface area (Å²) in [6, 6.07) is 5.37. The molecule has 0 bridgehead atoms. The van der Waals surface area contributed by atoms with E-state index in [0.29, 0.717) is 23.3 Å². The Balaban J connectivity index is 1.63. The Hall–Kier alpha value is -1.55. The van der Waals surface area contributed by atoms with E-state index in [2.05, 4.69) is 17.5 Å². The molecule has 0 radical (unpaired) electrons. The molecule has 124 valence electrons. The van der Waals surface area contributed by atoms with Crippen LogP contribution in [-0.4, -0.2) is 18.7 Å². The van der Waals surface area contributed by atoms with Gasteiger partial charge in [-0.3, -0.25) is 4.79 Å². The number of fused-ring (bicyclic) bond motifs is 1. The van der Waals surface area contributed by atoms with E-state index in [1.807, 2.05) is 13.0 Å². The molecule has 0 saturated heterocycles. The van der Waals surface area contributed by atoms with Crippen LogP contribution in [0, 0.1) is 17.3 Å². The number of halogens is 1. The number of nitrogens with zero attached hydrogens (tertiary/aromatic N) is 1. The molecule has 2 aliphatic rings. The van der Waals surface area contributed by atoms with Crippen molar-refractivity contribution in [2.45, 2.75) is 39.5 Å². The first kappa shape index (κ1) is 16.3. The molecule has 1 aromatic rings. The zero-order chi connectivity index (χ0) is 16.4. The van der Waals surface area contributed by atoms with Gasteiger partial charge in [-0.1, -0.05) is 31.4 Å². The third-order valence-electron chi connectivity index (χ3n) is 5.26. The lowest BCUT2D eigenvalue weighted by atomic mass is 9.90. The summed E-state index contributed by atoms with van der Waals surface area (Å²) in [7, 11) is 0. The molecule has 2 fully saturated rings. The largest absolute Gasteiger partial charge is 0.493 e. The van der Waals surface area contributed by atoms with E-state index in [1.54, 1.807) is 18.3 Å². The first-order chi connectivity index (χ1) is 11.1. The first-order valence-corrected chi connectivity index (χ1v) is 8.69. The summed E-state index contributed by atoms with van der Waals surface area (Å²) in [5.74, 6) is 1.40. The molecule has 0 unspecified atom stereocenters. The van der Waals surface area contributed by atoms with Gasteiger partial charge < -0.3 is 4.74 Å². The first-order valence-electron chi connectivity index (χ1n) is 8.31. The molecule has 3 atom stereocenters. The third kappa shape index (κ3) is 3.23. The molecular formula is C18H23ClN2O2. The molecule has 1 aromatic carbocycles. The molecule has 5 heteroatoms. The molecule has 4 nitrogen and oxygen atoms in total. The summed E-state index contributed by atoms with van der Waals surface area (Å²) in [6.45, 7) is 4.72. The van der Waals surface area contributed by atoms with Crippen molar-refractivity contribution in [3.05, 3.63) is 28.8 Å². The molecule has 0 aromatic heterocycles. The Kier molecular flexibility index (Phi) is 4.62. The number of hydrazone groups is 1. The van der Waals surface area contributed by atoms with Crippen LogP contribution >= 0.6 is 11.6 Å². The topological polar surface area (TPSA) is 50.7 Å². The van der Waals surface area contributed by atoms with Gasteiger partial charge in [0.1, 0.15) is 5.75 Å². The van der Waals surface area contributed by atoms with Crippen LogP contribution in [0.4, 0.5) is 0 Å². The van der Waals surface area contributed by atoms with Gasteiger partial charge in [-0.2, -0.15) is 5.10 Å². The number of nitrogens with one attached hydrogen (secondary N) is 1. The van der Waals surface area contributed by atoms with Gasteiger partial charge in [-0.25, -0.2) is 5.43 Å². The summed E-state index contributed by atoms with van der Waals surface area (Å²) in [6.07, 6.45) is 6.40. The Bertz CT molecular complexity index is 631. The second kappa shape index (κ2) is 6.52. The van der Waals surface area contributed by atoms with Gasteiger partial charge in [-0.05, 0) is 49.3 Å². The number of hydrogen-bond donors (Lipinski definition) is 1. The maximum atomic E-state index is 12.4. The number of carbonyl (C=O) groups is 1. The van der Waals surface area contributed by atoms with E-state index >= 15 is 0 Å². The predicted octanol–water partition coefficient (Wildman–Crippen LogP) is 4.02. The maximum Gasteiger partial charge on any atom is 0.244 e. The molecule has 1 amide bonds. The summed E-state index contributed by atoms with van der Waals surface area (Å²) in [5, 5.41) is 4.73. The van der Waals surface area contributed by atoms with Gasteiger partial charge >= 0.3 is 0 Å². The van der Waals surface area contributed by atoms with Crippen LogP contribution in [0.1, 0.15) is 45.1 Å². The Labute approximate surface area is 142 Å². The summed E-state index contributed by atoms with van der Waals surface area (Å²) >= 11 is 6.02. The monoisotopic (exact) mass is 334 g/mol. The van der Waals surface area contributed by atoms with E-state index in [4.69, 9.17) is 16.3 Å². The van der Waals surface area contributed by atoms with Crippen molar-refractivity contribution in [2.24, 2.45) is 22.4 Å². The smallest absolute Gasteiger partial charge is 0.244 e. The number of benzene rings is 1. The van der Waals surface area contributed by atoms with Crippen molar-refractivity contribution in [3.63, 3.8) is 0 Å². The molecule has 0 heterocycles. The van der Waals surface area contributed by atoms with Crippen LogP contribution in [0.5, 0.6) is 5.75 Å². The van der Waals surface area contributed by atoms with Crippen LogP contribution in [-0.2, 0) is 4.79 Å². The minimum Gasteiger partial charge on any atom is -0.493 e. The number of amides is 1. The van der Waals surface area contributed by atoms with Crippen LogP contribution < -0.4 is 10.2 Å². The van der Waals surface area contributed by atoms with Crippen molar-refractivity contribution < 1.29 is 9.53 Å². The lowest BCUT2D eigenvalue weighted by Gasteiger charge is -2.15. The standard InChI is InChI=1S/C18H23ClN2O2/c1-3-23-15-8-7-13(19)10-12(15)11-20-21-17(22)16-14-6-4-5-9-18(14,16)2/h7-8,10-11,14,16H,3-6,9H2,1-2H3,(H,21,22)/b20-11-/t14-,16-,18+/m0/s1. The van der Waals surface area contributed by atoms with E-state index in [-0.39, 0.29) is 17.2 Å². The number of carbonyl (C=O) groups excluding carboxylic acids is 1. The van der Waals surface area contributed by atoms with Crippen LogP contribution in [0.2, 0.25) is 5.02 Å². The highest BCUT2D eigenvalue weighted by Crippen LogP contribution is 2.66. The Morgan fingerprint density at radius 2 is 2.35 bits per heavy atom. The Morgan fingerprint density at radius 1 is 1.52 bits per heavy atom. The summed E-state index contributed by atoms with van der Waals surface area (Å²) < 4.78 is 5.54. The van der Waals surface area contributed by atoms with E-state index in [0.717, 1.165) is 12.0 Å². The van der Waals surface area contributed by atoms with Crippen molar-refractivity contribution in [3.8, 4) is 5.75 Å². The lowest BCUT2D eigenvalue weighted by molar-refractivity contribution is -0.123. The zero-order valence-corrected chi connectivity index (χ0v) is 14.4. The minimum atomic E-state index is 0.0376. The van der Waals surface area contributed by atoms with Crippen LogP contribution in [0.15, 0.2) is 23.3 Å². The van der Waals surface area contributed by atoms with Crippen molar-refractivity contribution in [1.29, 1.82) is 0 Å². The summed E-state index contributed by atoms with van der Waals surface area (Å²) in [5.41, 5.74) is 3.66. The molecular weight excluding hydrogens is 312 g/mol. The highest BCUT2D eigenvalue weighted by atomic mass is 35.5. The van der Waals surface area contributed by atoms with Crippen LogP contribution in [0.25, 0.3) is 0 Å². The number of hydrogen-bond acceptors (Lipinski definition) is 3. The van der Waals surface area contributed by atoms with Crippen LogP contribution in [0.3, 0.4) is 0 Å². The average Bonchev–Trinajstić information content (AvgIpc) is 3.15. The molecule has 2 aliphatic carbocycles. The quantitative estimate of drug-likeness (QED) is 0.653. The molecule has 23 heavy (non-hydrogen) atoms. The summed E-state index contributed by atoms with van der Waals surface area (Å²) in [4.78, 5) is 12.4. The second-order valence-electron chi connectivity index (χ2n) is 6.69. The van der Waals surface area contributed by atoms with Crippen molar-refractivity contribution in [2.75, 3.05) is 6.61 Å². The second-order valence-corrected chi connectivity index (χ2v) is 7.12. The minimum absolute atomic E-state index is 0.0376. The predicted molar refractivity (Wildman–Crippen MR) is 91.9 cm³/mol. The molecule has 3 rings (SSSR count). The fraction of sp³-hybridized carbons (Fsp3) is 0.556. The van der Waals surface area contributed by atoms with Gasteiger partial charge in [0.2, 0.25) is 5.91 Å². The van der Waals surface area contributed by atoms with Crippen molar-refractivity contribution >= 4 is 23.7 Å². The molecule has 2 saturated carbocycles. The average molecular weight is 335 g/mol. The highest BCUT2D eigenvalue weighted by molar-refractivity contribution is 6.30. The van der Waals surface area contributed by atoms with Gasteiger partial charge in [0, 0.05) is 16.5 Å². The maximum absolute atomic E-state index is 12.4. The fourth-order valence-electron chi connectivity index (χ4n) is 3.99. The fourth-order valence-corrected chi connectivity index (χ4v) is 4.17. The van der Waals surface area contributed by atoms with Crippen molar-refractivity contribution in [1.82, 2.24) is 5.43 Å². The van der Waals surface area contributed by atoms with Gasteiger partial charge in [0.25, 0.3) is 0 Å². The number of ether oxygens (including phenoxy) is 1. The van der Waals surface area contributed by atoms with E-state index in [9.17, 15) is 4.79 Å². The highest BCUT2D eigenvalue weighted by Gasteiger charge is 2.64. The normalized spacial score (nSPS) is 29.2. The SMILES string of the molecule is CCOc1ccc(Cl)cc1/C=N\NC(=O)[C@@H]1[C@@H]2CCCC[C@@]12C. The number of rotatable bonds is 5. The zero-order valence-electron chi connectivity index (χ0n) is 13.6. The van der Waals surface area contributed by atoms with E-state index in [1.165, 1.54) is 19.3 Å². The van der Waals surface area contributed by atoms with E-state index < -0.39 is 0 Å². The van der Waals surface area contributed by atoms with Gasteiger partial charge in [0.05, 0.1) is 12.8 Å². The molecule has 1 N–H and O–H groups in total. The third-order valence-corrected chi connectivity index (χ3v) is 5.50. The molecule has 0 spiro atoms. The lowest BCUT2D eigenvalue weighted by Crippen LogP contribution is -2.22.